The number of amides is 1. The molecular formula is C22H23NO3. The van der Waals surface area contributed by atoms with Gasteiger partial charge in [-0.2, -0.15) is 0 Å². The van der Waals surface area contributed by atoms with Gasteiger partial charge in [0.1, 0.15) is 17.1 Å². The first kappa shape index (κ1) is 17.8. The molecule has 134 valence electrons. The fourth-order valence-electron chi connectivity index (χ4n) is 2.94. The van der Waals surface area contributed by atoms with Crippen LogP contribution in [-0.4, -0.2) is 18.6 Å². The van der Waals surface area contributed by atoms with Gasteiger partial charge in [0.25, 0.3) is 5.91 Å². The first-order chi connectivity index (χ1) is 12.4. The molecule has 2 aromatic carbocycles. The molecule has 3 rings (SSSR count). The molecule has 0 fully saturated rings. The zero-order valence-corrected chi connectivity index (χ0v) is 15.3. The minimum atomic E-state index is -0.380. The van der Waals surface area contributed by atoms with E-state index in [1.807, 2.05) is 44.2 Å². The molecule has 0 aromatic heterocycles. The summed E-state index contributed by atoms with van der Waals surface area (Å²) in [4.78, 5) is 12.5. The monoisotopic (exact) mass is 349 g/mol. The molecule has 1 N–H and O–H groups in total. The van der Waals surface area contributed by atoms with E-state index in [1.54, 1.807) is 31.4 Å². The number of aryl methyl sites for hydroxylation is 1. The number of hydrogen-bond acceptors (Lipinski definition) is 3. The number of rotatable bonds is 5. The number of fused-ring (bicyclic) bond motifs is 1. The van der Waals surface area contributed by atoms with E-state index >= 15 is 0 Å². The predicted octanol–water partition coefficient (Wildman–Crippen LogP) is 5.00. The lowest BCUT2D eigenvalue weighted by molar-refractivity contribution is 0.102. The Morgan fingerprint density at radius 3 is 2.69 bits per heavy atom. The molecule has 2 aromatic rings. The highest BCUT2D eigenvalue weighted by Gasteiger charge is 2.26. The molecule has 0 saturated heterocycles. The van der Waals surface area contributed by atoms with Crippen molar-refractivity contribution in [3.63, 3.8) is 0 Å². The van der Waals surface area contributed by atoms with Gasteiger partial charge in [0, 0.05) is 23.2 Å². The molecule has 4 heteroatoms. The molecule has 0 aliphatic carbocycles. The molecule has 1 heterocycles. The Morgan fingerprint density at radius 2 is 2.04 bits per heavy atom. The summed E-state index contributed by atoms with van der Waals surface area (Å²) >= 11 is 0. The number of methoxy groups -OCH3 is 1. The van der Waals surface area contributed by atoms with E-state index in [4.69, 9.17) is 9.47 Å². The van der Waals surface area contributed by atoms with Crippen molar-refractivity contribution in [2.24, 2.45) is 0 Å². The molecule has 1 aliphatic rings. The van der Waals surface area contributed by atoms with Gasteiger partial charge in [-0.3, -0.25) is 4.79 Å². The van der Waals surface area contributed by atoms with Gasteiger partial charge < -0.3 is 14.8 Å². The smallest absolute Gasteiger partial charge is 0.255 e. The third-order valence-corrected chi connectivity index (χ3v) is 4.47. The normalized spacial score (nSPS) is 17.8. The number of carbonyl (C=O) groups excluding carboxylic acids is 1. The van der Waals surface area contributed by atoms with Crippen LogP contribution in [0.25, 0.3) is 6.08 Å². The Labute approximate surface area is 154 Å². The summed E-state index contributed by atoms with van der Waals surface area (Å²) in [5.41, 5.74) is 2.86. The van der Waals surface area contributed by atoms with Crippen LogP contribution in [0, 0.1) is 6.92 Å². The van der Waals surface area contributed by atoms with Crippen LogP contribution < -0.4 is 14.8 Å². The summed E-state index contributed by atoms with van der Waals surface area (Å²) in [6.07, 6.45) is 6.65. The number of benzene rings is 2. The highest BCUT2D eigenvalue weighted by molar-refractivity contribution is 6.05. The van der Waals surface area contributed by atoms with E-state index in [1.165, 1.54) is 0 Å². The maximum Gasteiger partial charge on any atom is 0.255 e. The highest BCUT2D eigenvalue weighted by Crippen LogP contribution is 2.36. The Hall–Kier alpha value is -3.01. The predicted molar refractivity (Wildman–Crippen MR) is 105 cm³/mol. The van der Waals surface area contributed by atoms with Crippen LogP contribution in [0.3, 0.4) is 0 Å². The van der Waals surface area contributed by atoms with E-state index in [9.17, 15) is 4.79 Å². The van der Waals surface area contributed by atoms with Crippen LogP contribution >= 0.6 is 0 Å². The molecule has 1 unspecified atom stereocenters. The average Bonchev–Trinajstić information content (AvgIpc) is 2.62. The summed E-state index contributed by atoms with van der Waals surface area (Å²) < 4.78 is 11.2. The standard InChI is InChI=1S/C22H23NO3/c1-5-11-22(3)12-10-17-14-19(15(2)13-20(17)26-22)23-21(24)16-6-8-18(25-4)9-7-16/h5-10,12-14H,1,11H2,2-4H3,(H,23,24). The topological polar surface area (TPSA) is 47.6 Å². The Kier molecular flexibility index (Phi) is 4.85. The van der Waals surface area contributed by atoms with Crippen molar-refractivity contribution in [2.45, 2.75) is 25.9 Å². The number of nitrogens with one attached hydrogen (secondary N) is 1. The minimum absolute atomic E-state index is 0.159. The summed E-state index contributed by atoms with van der Waals surface area (Å²) in [5, 5.41) is 2.97. The Morgan fingerprint density at radius 1 is 1.31 bits per heavy atom. The van der Waals surface area contributed by atoms with Crippen molar-refractivity contribution in [2.75, 3.05) is 12.4 Å². The maximum absolute atomic E-state index is 12.5. The first-order valence-electron chi connectivity index (χ1n) is 8.53. The van der Waals surface area contributed by atoms with E-state index < -0.39 is 0 Å². The fraction of sp³-hybridized carbons (Fsp3) is 0.227. The number of hydrogen-bond donors (Lipinski definition) is 1. The highest BCUT2D eigenvalue weighted by atomic mass is 16.5. The number of carbonyl (C=O) groups is 1. The summed E-state index contributed by atoms with van der Waals surface area (Å²) in [7, 11) is 1.60. The van der Waals surface area contributed by atoms with Gasteiger partial charge in [-0.15, -0.1) is 6.58 Å². The van der Waals surface area contributed by atoms with E-state index in [2.05, 4.69) is 11.9 Å². The molecule has 0 saturated carbocycles. The van der Waals surface area contributed by atoms with Crippen molar-refractivity contribution in [1.29, 1.82) is 0 Å². The Balaban J connectivity index is 1.82. The number of ether oxygens (including phenoxy) is 2. The van der Waals surface area contributed by atoms with Crippen LogP contribution in [0.15, 0.2) is 55.1 Å². The van der Waals surface area contributed by atoms with E-state index in [0.717, 1.165) is 34.7 Å². The van der Waals surface area contributed by atoms with Gasteiger partial charge in [0.15, 0.2) is 0 Å². The lowest BCUT2D eigenvalue weighted by Gasteiger charge is -2.31. The summed E-state index contributed by atoms with van der Waals surface area (Å²) in [6, 6.07) is 10.9. The van der Waals surface area contributed by atoms with E-state index in [-0.39, 0.29) is 11.5 Å². The van der Waals surface area contributed by atoms with E-state index in [0.29, 0.717) is 5.56 Å². The zero-order valence-electron chi connectivity index (χ0n) is 15.3. The zero-order chi connectivity index (χ0) is 18.7. The molecule has 0 spiro atoms. The van der Waals surface area contributed by atoms with Crippen molar-refractivity contribution in [3.05, 3.63) is 71.8 Å². The molecule has 1 amide bonds. The van der Waals surface area contributed by atoms with Gasteiger partial charge in [-0.1, -0.05) is 12.2 Å². The van der Waals surface area contributed by atoms with Crippen molar-refractivity contribution in [1.82, 2.24) is 0 Å². The quantitative estimate of drug-likeness (QED) is 0.773. The molecular weight excluding hydrogens is 326 g/mol. The second-order valence-corrected chi connectivity index (χ2v) is 6.63. The lowest BCUT2D eigenvalue weighted by atomic mass is 9.96. The van der Waals surface area contributed by atoms with Crippen molar-refractivity contribution < 1.29 is 14.3 Å². The van der Waals surface area contributed by atoms with Crippen LogP contribution in [0.4, 0.5) is 5.69 Å². The third kappa shape index (κ3) is 3.64. The van der Waals surface area contributed by atoms with Crippen molar-refractivity contribution >= 4 is 17.7 Å². The lowest BCUT2D eigenvalue weighted by Crippen LogP contribution is -2.31. The molecule has 0 radical (unpaired) electrons. The summed E-state index contributed by atoms with van der Waals surface area (Å²) in [5.74, 6) is 1.38. The van der Waals surface area contributed by atoms with Gasteiger partial charge in [0.05, 0.1) is 7.11 Å². The van der Waals surface area contributed by atoms with Crippen LogP contribution in [0.2, 0.25) is 0 Å². The van der Waals surface area contributed by atoms with Crippen LogP contribution in [-0.2, 0) is 0 Å². The molecule has 1 atom stereocenters. The maximum atomic E-state index is 12.5. The SMILES string of the molecule is C=CCC1(C)C=Cc2cc(NC(=O)c3ccc(OC)cc3)c(C)cc2O1. The molecule has 26 heavy (non-hydrogen) atoms. The van der Waals surface area contributed by atoms with Gasteiger partial charge >= 0.3 is 0 Å². The second kappa shape index (κ2) is 7.08. The van der Waals surface area contributed by atoms with Crippen molar-refractivity contribution in [3.8, 4) is 11.5 Å². The molecule has 4 nitrogen and oxygen atoms in total. The average molecular weight is 349 g/mol. The van der Waals surface area contributed by atoms with Crippen LogP contribution in [0.5, 0.6) is 11.5 Å². The third-order valence-electron chi connectivity index (χ3n) is 4.47. The minimum Gasteiger partial charge on any atom is -0.497 e. The molecule has 1 aliphatic heterocycles. The fourth-order valence-corrected chi connectivity index (χ4v) is 2.94. The Bertz CT molecular complexity index is 868. The largest absolute Gasteiger partial charge is 0.497 e. The summed E-state index contributed by atoms with van der Waals surface area (Å²) in [6.45, 7) is 7.78. The second-order valence-electron chi connectivity index (χ2n) is 6.63. The first-order valence-corrected chi connectivity index (χ1v) is 8.53. The van der Waals surface area contributed by atoms with Gasteiger partial charge in [-0.25, -0.2) is 0 Å². The van der Waals surface area contributed by atoms with Gasteiger partial charge in [0.2, 0.25) is 0 Å². The molecule has 0 bridgehead atoms. The van der Waals surface area contributed by atoms with Gasteiger partial charge in [-0.05, 0) is 61.9 Å². The van der Waals surface area contributed by atoms with Crippen LogP contribution in [0.1, 0.15) is 34.8 Å². The number of anilines is 1.